The number of carbonyl (C=O) groups excluding carboxylic acids is 2. The van der Waals surface area contributed by atoms with Crippen molar-refractivity contribution in [1.82, 2.24) is 15.2 Å². The second-order valence-corrected chi connectivity index (χ2v) is 11.2. The van der Waals surface area contributed by atoms with E-state index in [0.717, 1.165) is 37.1 Å². The van der Waals surface area contributed by atoms with E-state index in [0.29, 0.717) is 45.1 Å². The van der Waals surface area contributed by atoms with Crippen LogP contribution in [0.25, 0.3) is 0 Å². The van der Waals surface area contributed by atoms with Crippen LogP contribution in [0.15, 0.2) is 12.1 Å². The summed E-state index contributed by atoms with van der Waals surface area (Å²) in [5, 5.41) is 3.46. The highest BCUT2D eigenvalue weighted by Crippen LogP contribution is 2.27. The molecule has 1 aromatic rings. The molecule has 0 spiro atoms. The first-order valence-corrected chi connectivity index (χ1v) is 12.7. The van der Waals surface area contributed by atoms with Gasteiger partial charge in [-0.15, -0.1) is 0 Å². The van der Waals surface area contributed by atoms with Crippen molar-refractivity contribution in [2.45, 2.75) is 84.5 Å². The van der Waals surface area contributed by atoms with Gasteiger partial charge in [0.1, 0.15) is 17.0 Å². The number of hydrogen-bond acceptors (Lipinski definition) is 7. The predicted octanol–water partition coefficient (Wildman–Crippen LogP) is 3.93. The van der Waals surface area contributed by atoms with Crippen molar-refractivity contribution >= 4 is 18.0 Å². The monoisotopic (exact) mass is 490 g/mol. The summed E-state index contributed by atoms with van der Waals surface area (Å²) in [7, 11) is 0. The number of fused-ring (bicyclic) bond motifs is 1. The van der Waals surface area contributed by atoms with Gasteiger partial charge in [0.15, 0.2) is 0 Å². The number of anilines is 1. The van der Waals surface area contributed by atoms with Crippen LogP contribution in [0, 0.1) is 0 Å². The molecule has 0 aromatic carbocycles. The summed E-state index contributed by atoms with van der Waals surface area (Å²) in [6.45, 7) is 15.1. The number of amides is 2. The lowest BCUT2D eigenvalue weighted by atomic mass is 10.1. The fourth-order valence-electron chi connectivity index (χ4n) is 4.15. The molecule has 9 nitrogen and oxygen atoms in total. The van der Waals surface area contributed by atoms with E-state index < -0.39 is 11.2 Å². The smallest absolute Gasteiger partial charge is 0.416 e. The highest BCUT2D eigenvalue weighted by atomic mass is 16.6. The van der Waals surface area contributed by atoms with Crippen molar-refractivity contribution in [3.8, 4) is 0 Å². The third-order valence-electron chi connectivity index (χ3n) is 5.73. The Kier molecular flexibility index (Phi) is 8.99. The molecule has 1 saturated heterocycles. The molecular weight excluding hydrogens is 448 g/mol. The van der Waals surface area contributed by atoms with E-state index in [4.69, 9.17) is 19.2 Å². The highest BCUT2D eigenvalue weighted by Gasteiger charge is 2.30. The molecule has 9 heteroatoms. The first-order chi connectivity index (χ1) is 16.4. The Bertz CT molecular complexity index is 877. The van der Waals surface area contributed by atoms with Crippen molar-refractivity contribution in [2.24, 2.45) is 0 Å². The first-order valence-electron chi connectivity index (χ1n) is 12.7. The number of ether oxygens (including phenoxy) is 3. The van der Waals surface area contributed by atoms with Gasteiger partial charge in [-0.1, -0.05) is 6.07 Å². The van der Waals surface area contributed by atoms with Gasteiger partial charge in [0, 0.05) is 44.3 Å². The zero-order valence-corrected chi connectivity index (χ0v) is 22.2. The van der Waals surface area contributed by atoms with Gasteiger partial charge in [0.05, 0.1) is 13.2 Å². The van der Waals surface area contributed by atoms with Gasteiger partial charge in [-0.25, -0.2) is 14.6 Å². The zero-order chi connectivity index (χ0) is 25.6. The summed E-state index contributed by atoms with van der Waals surface area (Å²) in [6, 6.07) is 4.34. The molecule has 2 amide bonds. The minimum Gasteiger partial charge on any atom is -0.444 e. The van der Waals surface area contributed by atoms with Crippen LogP contribution >= 0.6 is 0 Å². The van der Waals surface area contributed by atoms with Gasteiger partial charge in [0.2, 0.25) is 0 Å². The topological polar surface area (TPSA) is 93.2 Å². The zero-order valence-electron chi connectivity index (χ0n) is 22.2. The minimum absolute atomic E-state index is 0.249. The van der Waals surface area contributed by atoms with Gasteiger partial charge in [-0.05, 0) is 72.4 Å². The molecule has 35 heavy (non-hydrogen) atoms. The summed E-state index contributed by atoms with van der Waals surface area (Å²) in [4.78, 5) is 33.0. The average molecular weight is 491 g/mol. The van der Waals surface area contributed by atoms with Crippen LogP contribution in [0.1, 0.15) is 65.6 Å². The van der Waals surface area contributed by atoms with Gasteiger partial charge >= 0.3 is 12.2 Å². The molecule has 3 heterocycles. The maximum absolute atomic E-state index is 12.7. The molecule has 0 aliphatic carbocycles. The summed E-state index contributed by atoms with van der Waals surface area (Å²) in [6.07, 6.45) is 2.80. The Hall–Kier alpha value is -2.39. The molecular formula is C26H42N4O5. The van der Waals surface area contributed by atoms with Crippen LogP contribution < -0.4 is 10.2 Å². The lowest BCUT2D eigenvalue weighted by molar-refractivity contribution is 0.0290. The Morgan fingerprint density at radius 2 is 1.74 bits per heavy atom. The number of aromatic nitrogens is 1. The van der Waals surface area contributed by atoms with E-state index in [1.165, 1.54) is 0 Å². The molecule has 196 valence electrons. The molecule has 3 rings (SSSR count). The number of nitrogens with zero attached hydrogens (tertiary/aromatic N) is 3. The molecule has 0 bridgehead atoms. The van der Waals surface area contributed by atoms with Crippen LogP contribution in [0.3, 0.4) is 0 Å². The van der Waals surface area contributed by atoms with Crippen LogP contribution in [0.2, 0.25) is 0 Å². The number of hydrogen-bond donors (Lipinski definition) is 1. The van der Waals surface area contributed by atoms with Crippen LogP contribution in [-0.4, -0.2) is 78.7 Å². The maximum Gasteiger partial charge on any atom is 0.416 e. The Labute approximate surface area is 209 Å². The largest absolute Gasteiger partial charge is 0.444 e. The molecule has 2 aliphatic heterocycles. The van der Waals surface area contributed by atoms with Crippen molar-refractivity contribution in [2.75, 3.05) is 44.3 Å². The van der Waals surface area contributed by atoms with Crippen molar-refractivity contribution in [1.29, 1.82) is 0 Å². The molecule has 2 aliphatic rings. The number of likely N-dealkylation sites (tertiary alicyclic amines) is 1. The summed E-state index contributed by atoms with van der Waals surface area (Å²) in [5.74, 6) is 0.709. The number of nitrogens with one attached hydrogen (secondary N) is 1. The van der Waals surface area contributed by atoms with Crippen molar-refractivity contribution in [3.63, 3.8) is 0 Å². The molecule has 0 unspecified atom stereocenters. The third kappa shape index (κ3) is 8.65. The molecule has 0 saturated carbocycles. The van der Waals surface area contributed by atoms with Gasteiger partial charge < -0.3 is 24.4 Å². The van der Waals surface area contributed by atoms with Crippen molar-refractivity contribution < 1.29 is 23.8 Å². The van der Waals surface area contributed by atoms with E-state index in [9.17, 15) is 9.59 Å². The van der Waals surface area contributed by atoms with Crippen molar-refractivity contribution in [3.05, 3.63) is 23.4 Å². The van der Waals surface area contributed by atoms with Crippen LogP contribution in [-0.2, 0) is 27.1 Å². The number of pyridine rings is 1. The Morgan fingerprint density at radius 1 is 1.03 bits per heavy atom. The summed E-state index contributed by atoms with van der Waals surface area (Å²) >= 11 is 0. The standard InChI is InChI=1S/C26H42N4O5/c1-25(2,3)34-23(31)29-15-11-21(18-29)27-13-17-33-16-12-20-10-9-19-8-7-14-30(22(19)28-20)24(32)35-26(4,5)6/h9-10,21,27H,7-8,11-18H2,1-6H3/t21-/m1/s1. The fraction of sp³-hybridized carbons (Fsp3) is 0.731. The molecule has 1 atom stereocenters. The summed E-state index contributed by atoms with van der Waals surface area (Å²) < 4.78 is 16.8. The van der Waals surface area contributed by atoms with E-state index in [-0.39, 0.29) is 18.2 Å². The maximum atomic E-state index is 12.7. The Morgan fingerprint density at radius 3 is 2.46 bits per heavy atom. The van der Waals surface area contributed by atoms with E-state index in [2.05, 4.69) is 11.4 Å². The van der Waals surface area contributed by atoms with Gasteiger partial charge in [-0.3, -0.25) is 4.90 Å². The lowest BCUT2D eigenvalue weighted by Crippen LogP contribution is -2.40. The average Bonchev–Trinajstić information content (AvgIpc) is 3.22. The number of carbonyl (C=O) groups is 2. The van der Waals surface area contributed by atoms with E-state index in [1.807, 2.05) is 47.6 Å². The Balaban J connectivity index is 1.38. The van der Waals surface area contributed by atoms with E-state index in [1.54, 1.807) is 9.80 Å². The molecule has 0 radical (unpaired) electrons. The molecule has 1 N–H and O–H groups in total. The second kappa shape index (κ2) is 11.6. The van der Waals surface area contributed by atoms with Crippen LogP contribution in [0.5, 0.6) is 0 Å². The second-order valence-electron chi connectivity index (χ2n) is 11.2. The third-order valence-corrected chi connectivity index (χ3v) is 5.73. The molecule has 1 aromatic heterocycles. The highest BCUT2D eigenvalue weighted by molar-refractivity contribution is 5.88. The van der Waals surface area contributed by atoms with Gasteiger partial charge in [-0.2, -0.15) is 0 Å². The fourth-order valence-corrected chi connectivity index (χ4v) is 4.15. The molecule has 1 fully saturated rings. The number of rotatable bonds is 7. The van der Waals surface area contributed by atoms with Crippen LogP contribution in [0.4, 0.5) is 15.4 Å². The predicted molar refractivity (Wildman–Crippen MR) is 135 cm³/mol. The van der Waals surface area contributed by atoms with E-state index >= 15 is 0 Å². The quantitative estimate of drug-likeness (QED) is 0.579. The summed E-state index contributed by atoms with van der Waals surface area (Å²) in [5.41, 5.74) is 0.960. The first kappa shape index (κ1) is 27.2. The normalized spacial score (nSPS) is 18.4. The van der Waals surface area contributed by atoms with Gasteiger partial charge in [0.25, 0.3) is 0 Å². The number of aryl methyl sites for hydroxylation is 1. The lowest BCUT2D eigenvalue weighted by Gasteiger charge is -2.31. The SMILES string of the molecule is CC(C)(C)OC(=O)N1CC[C@@H](NCCOCCc2ccc3c(n2)N(C(=O)OC(C)(C)C)CCC3)C1. The minimum atomic E-state index is -0.541.